The summed E-state index contributed by atoms with van der Waals surface area (Å²) in [5.41, 5.74) is 0. The SMILES string of the molecule is CC(CC(=O)N1CCC(C(F)(F)F)CC1)OCC1CCOCC1. The lowest BCUT2D eigenvalue weighted by Gasteiger charge is -2.33. The van der Waals surface area contributed by atoms with Crippen molar-refractivity contribution in [1.82, 2.24) is 4.90 Å². The second-order valence-electron chi connectivity index (χ2n) is 6.60. The predicted octanol–water partition coefficient (Wildman–Crippen LogP) is 3.01. The molecule has 1 unspecified atom stereocenters. The van der Waals surface area contributed by atoms with Crippen LogP contribution in [0.5, 0.6) is 0 Å². The Kier molecular flexibility index (Phi) is 6.71. The lowest BCUT2D eigenvalue weighted by atomic mass is 9.96. The molecular weight excluding hydrogens is 311 g/mol. The van der Waals surface area contributed by atoms with Crippen LogP contribution in [-0.2, 0) is 14.3 Å². The van der Waals surface area contributed by atoms with E-state index in [-0.39, 0.29) is 44.4 Å². The molecule has 0 N–H and O–H groups in total. The van der Waals surface area contributed by atoms with E-state index >= 15 is 0 Å². The molecule has 1 atom stereocenters. The van der Waals surface area contributed by atoms with Gasteiger partial charge in [-0.15, -0.1) is 0 Å². The van der Waals surface area contributed by atoms with Gasteiger partial charge in [0.05, 0.1) is 18.4 Å². The summed E-state index contributed by atoms with van der Waals surface area (Å²) in [6.07, 6.45) is -2.14. The first-order chi connectivity index (χ1) is 10.9. The Morgan fingerprint density at radius 2 is 1.83 bits per heavy atom. The minimum atomic E-state index is -4.14. The lowest BCUT2D eigenvalue weighted by Crippen LogP contribution is -2.43. The van der Waals surface area contributed by atoms with Crippen molar-refractivity contribution in [3.05, 3.63) is 0 Å². The summed E-state index contributed by atoms with van der Waals surface area (Å²) in [5.74, 6) is -0.900. The summed E-state index contributed by atoms with van der Waals surface area (Å²) >= 11 is 0. The van der Waals surface area contributed by atoms with Crippen LogP contribution < -0.4 is 0 Å². The van der Waals surface area contributed by atoms with E-state index in [0.29, 0.717) is 12.5 Å². The largest absolute Gasteiger partial charge is 0.391 e. The highest BCUT2D eigenvalue weighted by atomic mass is 19.4. The molecule has 2 aliphatic heterocycles. The number of carbonyl (C=O) groups excluding carboxylic acids is 1. The number of piperidine rings is 1. The summed E-state index contributed by atoms with van der Waals surface area (Å²) < 4.78 is 48.9. The Labute approximate surface area is 135 Å². The number of hydrogen-bond acceptors (Lipinski definition) is 3. The molecule has 0 aromatic carbocycles. The molecule has 2 fully saturated rings. The zero-order valence-electron chi connectivity index (χ0n) is 13.6. The van der Waals surface area contributed by atoms with Crippen LogP contribution in [0.1, 0.15) is 39.0 Å². The van der Waals surface area contributed by atoms with Crippen molar-refractivity contribution >= 4 is 5.91 Å². The van der Waals surface area contributed by atoms with Gasteiger partial charge in [-0.25, -0.2) is 0 Å². The molecule has 23 heavy (non-hydrogen) atoms. The summed E-state index contributed by atoms with van der Waals surface area (Å²) in [6, 6.07) is 0. The number of nitrogens with zero attached hydrogens (tertiary/aromatic N) is 1. The maximum absolute atomic E-state index is 12.6. The van der Waals surface area contributed by atoms with Crippen LogP contribution in [0.15, 0.2) is 0 Å². The molecular formula is C16H26F3NO3. The topological polar surface area (TPSA) is 38.8 Å². The van der Waals surface area contributed by atoms with Crippen molar-refractivity contribution in [2.45, 2.75) is 51.3 Å². The summed E-state index contributed by atoms with van der Waals surface area (Å²) in [4.78, 5) is 13.7. The number of amides is 1. The van der Waals surface area contributed by atoms with Gasteiger partial charge in [0, 0.05) is 32.9 Å². The third-order valence-electron chi connectivity index (χ3n) is 4.73. The molecule has 0 spiro atoms. The molecule has 0 aromatic rings. The molecule has 4 nitrogen and oxygen atoms in total. The quantitative estimate of drug-likeness (QED) is 0.774. The van der Waals surface area contributed by atoms with E-state index in [0.717, 1.165) is 26.1 Å². The van der Waals surface area contributed by atoms with Crippen LogP contribution in [-0.4, -0.2) is 56.0 Å². The maximum Gasteiger partial charge on any atom is 0.391 e. The fourth-order valence-electron chi connectivity index (χ4n) is 3.10. The monoisotopic (exact) mass is 337 g/mol. The van der Waals surface area contributed by atoms with Crippen LogP contribution in [0.2, 0.25) is 0 Å². The summed E-state index contributed by atoms with van der Waals surface area (Å²) in [7, 11) is 0. The second-order valence-corrected chi connectivity index (χ2v) is 6.60. The lowest BCUT2D eigenvalue weighted by molar-refractivity contribution is -0.186. The molecule has 1 amide bonds. The van der Waals surface area contributed by atoms with Gasteiger partial charge in [-0.2, -0.15) is 13.2 Å². The molecule has 0 saturated carbocycles. The molecule has 2 saturated heterocycles. The van der Waals surface area contributed by atoms with E-state index in [2.05, 4.69) is 0 Å². The molecule has 0 aromatic heterocycles. The van der Waals surface area contributed by atoms with Crippen molar-refractivity contribution in [2.75, 3.05) is 32.9 Å². The Bertz CT molecular complexity index is 375. The number of hydrogen-bond donors (Lipinski definition) is 0. The van der Waals surface area contributed by atoms with Crippen molar-refractivity contribution in [3.8, 4) is 0 Å². The average molecular weight is 337 g/mol. The first-order valence-corrected chi connectivity index (χ1v) is 8.40. The third-order valence-corrected chi connectivity index (χ3v) is 4.73. The fraction of sp³-hybridized carbons (Fsp3) is 0.938. The molecule has 0 aliphatic carbocycles. The minimum Gasteiger partial charge on any atom is -0.381 e. The van der Waals surface area contributed by atoms with E-state index in [1.54, 1.807) is 0 Å². The average Bonchev–Trinajstić information content (AvgIpc) is 2.53. The number of rotatable bonds is 5. The first-order valence-electron chi connectivity index (χ1n) is 8.40. The first kappa shape index (κ1) is 18.5. The Balaban J connectivity index is 1.66. The van der Waals surface area contributed by atoms with Crippen molar-refractivity contribution < 1.29 is 27.4 Å². The molecule has 134 valence electrons. The van der Waals surface area contributed by atoms with Gasteiger partial charge in [0.2, 0.25) is 5.91 Å². The number of carbonyl (C=O) groups is 1. The van der Waals surface area contributed by atoms with Crippen LogP contribution in [0.3, 0.4) is 0 Å². The Morgan fingerprint density at radius 3 is 2.39 bits per heavy atom. The zero-order valence-corrected chi connectivity index (χ0v) is 13.6. The van der Waals surface area contributed by atoms with Gasteiger partial charge in [-0.1, -0.05) is 0 Å². The molecule has 2 aliphatic rings. The van der Waals surface area contributed by atoms with Gasteiger partial charge in [-0.3, -0.25) is 4.79 Å². The second kappa shape index (κ2) is 8.33. The van der Waals surface area contributed by atoms with Gasteiger partial charge in [0.15, 0.2) is 0 Å². The van der Waals surface area contributed by atoms with Crippen molar-refractivity contribution in [1.29, 1.82) is 0 Å². The van der Waals surface area contributed by atoms with E-state index < -0.39 is 12.1 Å². The van der Waals surface area contributed by atoms with Gasteiger partial charge in [0.25, 0.3) is 0 Å². The summed E-state index contributed by atoms with van der Waals surface area (Å²) in [5, 5.41) is 0. The van der Waals surface area contributed by atoms with E-state index in [1.165, 1.54) is 4.90 Å². The fourth-order valence-corrected chi connectivity index (χ4v) is 3.10. The zero-order chi connectivity index (χ0) is 16.9. The van der Waals surface area contributed by atoms with Gasteiger partial charge < -0.3 is 14.4 Å². The van der Waals surface area contributed by atoms with E-state index in [1.807, 2.05) is 6.92 Å². The number of ether oxygens (including phenoxy) is 2. The number of halogens is 3. The maximum atomic E-state index is 12.6. The van der Waals surface area contributed by atoms with Crippen LogP contribution in [0.25, 0.3) is 0 Å². The van der Waals surface area contributed by atoms with Crippen LogP contribution in [0.4, 0.5) is 13.2 Å². The summed E-state index contributed by atoms with van der Waals surface area (Å²) in [6.45, 7) is 4.37. The standard InChI is InChI=1S/C16H26F3NO3/c1-12(23-11-13-4-8-22-9-5-13)10-15(21)20-6-2-14(3-7-20)16(17,18)19/h12-14H,2-11H2,1H3. The van der Waals surface area contributed by atoms with Gasteiger partial charge in [0.1, 0.15) is 0 Å². The normalized spacial score (nSPS) is 23.0. The highest BCUT2D eigenvalue weighted by Crippen LogP contribution is 2.34. The Morgan fingerprint density at radius 1 is 1.22 bits per heavy atom. The predicted molar refractivity (Wildman–Crippen MR) is 78.9 cm³/mol. The highest BCUT2D eigenvalue weighted by molar-refractivity contribution is 5.76. The van der Waals surface area contributed by atoms with Crippen molar-refractivity contribution in [3.63, 3.8) is 0 Å². The Hall–Kier alpha value is -0.820. The molecule has 0 bridgehead atoms. The third kappa shape index (κ3) is 5.95. The van der Waals surface area contributed by atoms with E-state index in [4.69, 9.17) is 9.47 Å². The highest BCUT2D eigenvalue weighted by Gasteiger charge is 2.41. The van der Waals surface area contributed by atoms with Gasteiger partial charge >= 0.3 is 6.18 Å². The smallest absolute Gasteiger partial charge is 0.381 e. The van der Waals surface area contributed by atoms with E-state index in [9.17, 15) is 18.0 Å². The van der Waals surface area contributed by atoms with Gasteiger partial charge in [-0.05, 0) is 38.5 Å². The van der Waals surface area contributed by atoms with Crippen LogP contribution >= 0.6 is 0 Å². The molecule has 2 rings (SSSR count). The minimum absolute atomic E-state index is 0.00650. The van der Waals surface area contributed by atoms with Crippen LogP contribution in [0, 0.1) is 11.8 Å². The molecule has 0 radical (unpaired) electrons. The number of alkyl halides is 3. The molecule has 7 heteroatoms. The van der Waals surface area contributed by atoms with Crippen molar-refractivity contribution in [2.24, 2.45) is 11.8 Å². The number of likely N-dealkylation sites (tertiary alicyclic amines) is 1. The molecule has 2 heterocycles.